The van der Waals surface area contributed by atoms with Crippen LogP contribution in [0.3, 0.4) is 0 Å². The van der Waals surface area contributed by atoms with Gasteiger partial charge in [-0.2, -0.15) is 18.4 Å². The van der Waals surface area contributed by atoms with Crippen LogP contribution in [0.1, 0.15) is 31.4 Å². The van der Waals surface area contributed by atoms with Gasteiger partial charge in [0.05, 0.1) is 16.8 Å². The lowest BCUT2D eigenvalue weighted by Gasteiger charge is -2.22. The van der Waals surface area contributed by atoms with Crippen molar-refractivity contribution < 1.29 is 13.2 Å². The summed E-state index contributed by atoms with van der Waals surface area (Å²) in [5.41, 5.74) is -0.192. The lowest BCUT2D eigenvalue weighted by molar-refractivity contribution is -0.137. The molecule has 2 nitrogen and oxygen atoms in total. The first-order chi connectivity index (χ1) is 8.75. The van der Waals surface area contributed by atoms with E-state index in [4.69, 9.17) is 5.26 Å². The maximum Gasteiger partial charge on any atom is 0.416 e. The van der Waals surface area contributed by atoms with Gasteiger partial charge in [0.15, 0.2) is 0 Å². The van der Waals surface area contributed by atoms with Gasteiger partial charge >= 0.3 is 6.18 Å². The van der Waals surface area contributed by atoms with Gasteiger partial charge in [0.25, 0.3) is 0 Å². The largest absolute Gasteiger partial charge is 0.416 e. The van der Waals surface area contributed by atoms with Crippen LogP contribution in [0.25, 0.3) is 0 Å². The smallest absolute Gasteiger partial charge is 0.374 e. The third-order valence-electron chi connectivity index (χ3n) is 2.90. The number of halogens is 3. The number of hydrogen-bond donors (Lipinski definition) is 0. The molecule has 0 aliphatic carbocycles. The van der Waals surface area contributed by atoms with Crippen molar-refractivity contribution in [3.8, 4) is 6.07 Å². The Morgan fingerprint density at radius 2 is 1.95 bits per heavy atom. The van der Waals surface area contributed by atoms with Crippen molar-refractivity contribution in [2.24, 2.45) is 5.92 Å². The van der Waals surface area contributed by atoms with Gasteiger partial charge in [-0.05, 0) is 30.5 Å². The Bertz CT molecular complexity index is 473. The van der Waals surface area contributed by atoms with Gasteiger partial charge in [-0.3, -0.25) is 0 Å². The standard InChI is InChI=1S/C14H17F3N2/c1-10(2)6-7-19(3)13-5-4-12(14(15,16)17)8-11(13)9-18/h4-5,8,10H,6-7H2,1-3H3. The topological polar surface area (TPSA) is 27.0 Å². The predicted octanol–water partition coefficient (Wildman–Crippen LogP) is 4.06. The molecule has 0 fully saturated rings. The van der Waals surface area contributed by atoms with E-state index in [-0.39, 0.29) is 5.56 Å². The first-order valence-electron chi connectivity index (χ1n) is 6.08. The van der Waals surface area contributed by atoms with E-state index in [1.165, 1.54) is 6.07 Å². The molecular formula is C14H17F3N2. The number of benzene rings is 1. The van der Waals surface area contributed by atoms with Gasteiger partial charge in [0.1, 0.15) is 6.07 Å². The highest BCUT2D eigenvalue weighted by Gasteiger charge is 2.31. The molecule has 1 aromatic rings. The average Bonchev–Trinajstić information content (AvgIpc) is 2.33. The summed E-state index contributed by atoms with van der Waals surface area (Å²) in [7, 11) is 1.78. The van der Waals surface area contributed by atoms with Gasteiger partial charge in [-0.1, -0.05) is 13.8 Å². The number of nitriles is 1. The zero-order valence-corrected chi connectivity index (χ0v) is 11.3. The maximum absolute atomic E-state index is 12.6. The minimum atomic E-state index is -4.42. The van der Waals surface area contributed by atoms with E-state index in [1.54, 1.807) is 7.05 Å². The van der Waals surface area contributed by atoms with E-state index in [0.29, 0.717) is 18.2 Å². The lowest BCUT2D eigenvalue weighted by atomic mass is 10.1. The van der Waals surface area contributed by atoms with Crippen LogP contribution in [0.2, 0.25) is 0 Å². The monoisotopic (exact) mass is 270 g/mol. The molecule has 0 saturated carbocycles. The van der Waals surface area contributed by atoms with Crippen LogP contribution in [0.4, 0.5) is 18.9 Å². The molecule has 0 N–H and O–H groups in total. The second-order valence-electron chi connectivity index (χ2n) is 4.95. The fourth-order valence-corrected chi connectivity index (χ4v) is 1.71. The number of alkyl halides is 3. The summed E-state index contributed by atoms with van der Waals surface area (Å²) in [5, 5.41) is 8.99. The molecule has 0 atom stereocenters. The molecule has 0 bridgehead atoms. The second-order valence-corrected chi connectivity index (χ2v) is 4.95. The Labute approximate surface area is 111 Å². The van der Waals surface area contributed by atoms with Crippen LogP contribution in [-0.4, -0.2) is 13.6 Å². The van der Waals surface area contributed by atoms with Crippen LogP contribution in [-0.2, 0) is 6.18 Å². The first-order valence-corrected chi connectivity index (χ1v) is 6.08. The summed E-state index contributed by atoms with van der Waals surface area (Å²) in [5.74, 6) is 0.502. The van der Waals surface area contributed by atoms with Crippen molar-refractivity contribution in [3.63, 3.8) is 0 Å². The summed E-state index contributed by atoms with van der Waals surface area (Å²) in [6, 6.07) is 5.12. The molecule has 104 valence electrons. The van der Waals surface area contributed by atoms with Gasteiger partial charge in [0, 0.05) is 13.6 Å². The Kier molecular flexibility index (Phi) is 4.82. The SMILES string of the molecule is CC(C)CCN(C)c1ccc(C(F)(F)F)cc1C#N. The van der Waals surface area contributed by atoms with Crippen molar-refractivity contribution in [2.75, 3.05) is 18.5 Å². The summed E-state index contributed by atoms with van der Waals surface area (Å²) >= 11 is 0. The molecule has 0 saturated heterocycles. The van der Waals surface area contributed by atoms with E-state index in [1.807, 2.05) is 11.0 Å². The Morgan fingerprint density at radius 3 is 2.42 bits per heavy atom. The third kappa shape index (κ3) is 4.16. The Hall–Kier alpha value is -1.70. The number of anilines is 1. The zero-order valence-electron chi connectivity index (χ0n) is 11.3. The highest BCUT2D eigenvalue weighted by Crippen LogP contribution is 2.32. The molecule has 19 heavy (non-hydrogen) atoms. The van der Waals surface area contributed by atoms with Crippen LogP contribution >= 0.6 is 0 Å². The van der Waals surface area contributed by atoms with Crippen molar-refractivity contribution in [3.05, 3.63) is 29.3 Å². The van der Waals surface area contributed by atoms with Gasteiger partial charge in [-0.15, -0.1) is 0 Å². The summed E-state index contributed by atoms with van der Waals surface area (Å²) in [6.45, 7) is 4.86. The van der Waals surface area contributed by atoms with Crippen molar-refractivity contribution in [1.29, 1.82) is 5.26 Å². The summed E-state index contributed by atoms with van der Waals surface area (Å²) in [6.07, 6.45) is -3.50. The molecule has 1 rings (SSSR count). The predicted molar refractivity (Wildman–Crippen MR) is 68.9 cm³/mol. The van der Waals surface area contributed by atoms with E-state index >= 15 is 0 Å². The number of rotatable bonds is 4. The van der Waals surface area contributed by atoms with Crippen LogP contribution in [0.5, 0.6) is 0 Å². The van der Waals surface area contributed by atoms with E-state index < -0.39 is 11.7 Å². The number of hydrogen-bond acceptors (Lipinski definition) is 2. The molecule has 0 aromatic heterocycles. The van der Waals surface area contributed by atoms with Gasteiger partial charge < -0.3 is 4.90 Å². The van der Waals surface area contributed by atoms with Crippen LogP contribution in [0, 0.1) is 17.2 Å². The second kappa shape index (κ2) is 5.96. The quantitative estimate of drug-likeness (QED) is 0.825. The highest BCUT2D eigenvalue weighted by molar-refractivity contribution is 5.60. The fourth-order valence-electron chi connectivity index (χ4n) is 1.71. The molecule has 0 aliphatic heterocycles. The molecule has 0 radical (unpaired) electrons. The van der Waals surface area contributed by atoms with E-state index in [0.717, 1.165) is 18.6 Å². The minimum Gasteiger partial charge on any atom is -0.374 e. The van der Waals surface area contributed by atoms with Crippen molar-refractivity contribution in [2.45, 2.75) is 26.4 Å². The highest BCUT2D eigenvalue weighted by atomic mass is 19.4. The Morgan fingerprint density at radius 1 is 1.32 bits per heavy atom. The fraction of sp³-hybridized carbons (Fsp3) is 0.500. The molecule has 0 spiro atoms. The van der Waals surface area contributed by atoms with Gasteiger partial charge in [0.2, 0.25) is 0 Å². The minimum absolute atomic E-state index is 0.0566. The Balaban J connectivity index is 3.00. The molecule has 5 heteroatoms. The molecule has 1 aromatic carbocycles. The van der Waals surface area contributed by atoms with Crippen molar-refractivity contribution in [1.82, 2.24) is 0 Å². The molecule has 0 amide bonds. The molecular weight excluding hydrogens is 253 g/mol. The summed E-state index contributed by atoms with van der Waals surface area (Å²) < 4.78 is 37.7. The molecule has 0 unspecified atom stereocenters. The normalized spacial score (nSPS) is 11.5. The third-order valence-corrected chi connectivity index (χ3v) is 2.90. The van der Waals surface area contributed by atoms with Crippen LogP contribution < -0.4 is 4.90 Å². The molecule has 0 heterocycles. The van der Waals surface area contributed by atoms with Crippen LogP contribution in [0.15, 0.2) is 18.2 Å². The summed E-state index contributed by atoms with van der Waals surface area (Å²) in [4.78, 5) is 1.82. The number of nitrogens with zero attached hydrogens (tertiary/aromatic N) is 2. The first kappa shape index (κ1) is 15.4. The zero-order chi connectivity index (χ0) is 14.6. The maximum atomic E-state index is 12.6. The van der Waals surface area contributed by atoms with Crippen molar-refractivity contribution >= 4 is 5.69 Å². The van der Waals surface area contributed by atoms with E-state index in [9.17, 15) is 13.2 Å². The van der Waals surface area contributed by atoms with E-state index in [2.05, 4.69) is 13.8 Å². The van der Waals surface area contributed by atoms with Gasteiger partial charge in [-0.25, -0.2) is 0 Å². The lowest BCUT2D eigenvalue weighted by Crippen LogP contribution is -2.21. The average molecular weight is 270 g/mol. The molecule has 0 aliphatic rings.